The third kappa shape index (κ3) is 3.97. The van der Waals surface area contributed by atoms with Gasteiger partial charge in [-0.25, -0.2) is 0 Å². The van der Waals surface area contributed by atoms with Gasteiger partial charge in [0.05, 0.1) is 13.5 Å². The highest BCUT2D eigenvalue weighted by Crippen LogP contribution is 2.24. The molecule has 1 aromatic heterocycles. The second-order valence-electron chi connectivity index (χ2n) is 7.29. The smallest absolute Gasteiger partial charge is 0.228 e. The van der Waals surface area contributed by atoms with E-state index in [2.05, 4.69) is 39.3 Å². The van der Waals surface area contributed by atoms with Crippen LogP contribution < -0.4 is 15.0 Å². The van der Waals surface area contributed by atoms with E-state index in [0.717, 1.165) is 54.1 Å². The Morgan fingerprint density at radius 2 is 1.86 bits per heavy atom. The molecule has 0 unspecified atom stereocenters. The zero-order chi connectivity index (χ0) is 19.5. The molecule has 1 aliphatic rings. The van der Waals surface area contributed by atoms with Crippen molar-refractivity contribution in [1.82, 2.24) is 9.88 Å². The van der Waals surface area contributed by atoms with Crippen LogP contribution >= 0.6 is 0 Å². The molecule has 6 heteroatoms. The number of nitrogens with one attached hydrogen (secondary N) is 2. The van der Waals surface area contributed by atoms with Crippen molar-refractivity contribution in [2.75, 3.05) is 50.6 Å². The van der Waals surface area contributed by atoms with Gasteiger partial charge in [0, 0.05) is 54.7 Å². The Labute approximate surface area is 165 Å². The van der Waals surface area contributed by atoms with Crippen LogP contribution in [-0.4, -0.2) is 56.1 Å². The van der Waals surface area contributed by atoms with Crippen LogP contribution in [0.2, 0.25) is 0 Å². The molecule has 1 saturated heterocycles. The quantitative estimate of drug-likeness (QED) is 0.716. The van der Waals surface area contributed by atoms with Gasteiger partial charge >= 0.3 is 0 Å². The van der Waals surface area contributed by atoms with Crippen molar-refractivity contribution >= 4 is 28.2 Å². The second kappa shape index (κ2) is 7.94. The van der Waals surface area contributed by atoms with Crippen LogP contribution in [0.4, 0.5) is 11.4 Å². The summed E-state index contributed by atoms with van der Waals surface area (Å²) in [5.74, 6) is 0.754. The molecular formula is C22H26N4O2. The average molecular weight is 378 g/mol. The van der Waals surface area contributed by atoms with Crippen LogP contribution in [0.1, 0.15) is 5.56 Å². The number of aromatic nitrogens is 1. The lowest BCUT2D eigenvalue weighted by Gasteiger charge is -2.34. The molecule has 1 fully saturated rings. The summed E-state index contributed by atoms with van der Waals surface area (Å²) in [5, 5.41) is 4.01. The maximum atomic E-state index is 12.5. The minimum absolute atomic E-state index is 0.0314. The summed E-state index contributed by atoms with van der Waals surface area (Å²) in [6.07, 6.45) is 2.20. The van der Waals surface area contributed by atoms with Gasteiger partial charge in [-0.1, -0.05) is 0 Å². The summed E-state index contributed by atoms with van der Waals surface area (Å²) in [5.41, 5.74) is 3.98. The Bertz CT molecular complexity index is 956. The molecule has 0 spiro atoms. The number of methoxy groups -OCH3 is 1. The molecule has 0 bridgehead atoms. The molecule has 0 radical (unpaired) electrons. The van der Waals surface area contributed by atoms with Crippen molar-refractivity contribution in [1.29, 1.82) is 0 Å². The number of hydrogen-bond acceptors (Lipinski definition) is 4. The van der Waals surface area contributed by atoms with Crippen LogP contribution in [0, 0.1) is 0 Å². The molecular weight excluding hydrogens is 352 g/mol. The normalized spacial score (nSPS) is 15.0. The van der Waals surface area contributed by atoms with Gasteiger partial charge in [0.15, 0.2) is 0 Å². The number of benzene rings is 2. The number of amides is 1. The van der Waals surface area contributed by atoms with Gasteiger partial charge in [-0.2, -0.15) is 0 Å². The fourth-order valence-electron chi connectivity index (χ4n) is 3.63. The maximum Gasteiger partial charge on any atom is 0.228 e. The number of ether oxygens (including phenoxy) is 1. The molecule has 146 valence electrons. The van der Waals surface area contributed by atoms with E-state index in [1.807, 2.05) is 36.5 Å². The number of carbonyl (C=O) groups excluding carboxylic acids is 1. The molecule has 1 aliphatic heterocycles. The summed E-state index contributed by atoms with van der Waals surface area (Å²) >= 11 is 0. The fourth-order valence-corrected chi connectivity index (χ4v) is 3.63. The third-order valence-corrected chi connectivity index (χ3v) is 5.35. The van der Waals surface area contributed by atoms with Crippen molar-refractivity contribution in [2.45, 2.75) is 6.42 Å². The van der Waals surface area contributed by atoms with Crippen LogP contribution in [0.25, 0.3) is 10.9 Å². The molecule has 1 amide bonds. The average Bonchev–Trinajstić information content (AvgIpc) is 3.11. The first-order chi connectivity index (χ1) is 13.6. The number of aromatic amines is 1. The predicted molar refractivity (Wildman–Crippen MR) is 113 cm³/mol. The summed E-state index contributed by atoms with van der Waals surface area (Å²) in [4.78, 5) is 20.5. The summed E-state index contributed by atoms with van der Waals surface area (Å²) in [7, 11) is 3.80. The van der Waals surface area contributed by atoms with Crippen molar-refractivity contribution in [2.24, 2.45) is 0 Å². The first kappa shape index (κ1) is 18.4. The largest absolute Gasteiger partial charge is 0.497 e. The number of piperazine rings is 1. The first-order valence-electron chi connectivity index (χ1n) is 9.60. The van der Waals surface area contributed by atoms with Gasteiger partial charge in [-0.05, 0) is 55.1 Å². The highest BCUT2D eigenvalue weighted by atomic mass is 16.5. The molecule has 6 nitrogen and oxygen atoms in total. The Morgan fingerprint density at radius 1 is 1.11 bits per heavy atom. The number of nitrogens with zero attached hydrogens (tertiary/aromatic N) is 2. The molecule has 28 heavy (non-hydrogen) atoms. The Kier molecular flexibility index (Phi) is 5.21. The molecule has 0 saturated carbocycles. The lowest BCUT2D eigenvalue weighted by atomic mass is 10.1. The van der Waals surface area contributed by atoms with E-state index in [1.54, 1.807) is 7.11 Å². The molecule has 2 N–H and O–H groups in total. The number of H-pyrrole nitrogens is 1. The molecule has 2 heterocycles. The number of carbonyl (C=O) groups is 1. The van der Waals surface area contributed by atoms with Gasteiger partial charge in [0.25, 0.3) is 0 Å². The molecule has 0 atom stereocenters. The number of hydrogen-bond donors (Lipinski definition) is 2. The molecule has 3 aromatic rings. The number of fused-ring (bicyclic) bond motifs is 1. The second-order valence-corrected chi connectivity index (χ2v) is 7.29. The summed E-state index contributed by atoms with van der Waals surface area (Å²) in [6.45, 7) is 4.22. The van der Waals surface area contributed by atoms with E-state index < -0.39 is 0 Å². The Balaban J connectivity index is 1.40. The topological polar surface area (TPSA) is 60.6 Å². The minimum Gasteiger partial charge on any atom is -0.497 e. The standard InChI is InChI=1S/C22H26N4O2/c1-25-9-11-26(12-10-25)18-5-3-17(4-6-18)24-22(27)13-16-15-23-21-8-7-19(28-2)14-20(16)21/h3-8,14-15,23H,9-13H2,1-2H3,(H,24,27). The maximum absolute atomic E-state index is 12.5. The fraction of sp³-hybridized carbons (Fsp3) is 0.318. The van der Waals surface area contributed by atoms with Crippen molar-refractivity contribution < 1.29 is 9.53 Å². The van der Waals surface area contributed by atoms with Gasteiger partial charge in [0.2, 0.25) is 5.91 Å². The summed E-state index contributed by atoms with van der Waals surface area (Å²) in [6, 6.07) is 13.9. The zero-order valence-electron chi connectivity index (χ0n) is 16.4. The molecule has 4 rings (SSSR count). The van der Waals surface area contributed by atoms with E-state index >= 15 is 0 Å². The first-order valence-corrected chi connectivity index (χ1v) is 9.60. The highest BCUT2D eigenvalue weighted by molar-refractivity contribution is 5.96. The van der Waals surface area contributed by atoms with E-state index in [0.29, 0.717) is 6.42 Å². The highest BCUT2D eigenvalue weighted by Gasteiger charge is 2.14. The van der Waals surface area contributed by atoms with Crippen LogP contribution in [0.15, 0.2) is 48.7 Å². The van der Waals surface area contributed by atoms with Crippen molar-refractivity contribution in [3.63, 3.8) is 0 Å². The Hall–Kier alpha value is -2.99. The number of rotatable bonds is 5. The van der Waals surface area contributed by atoms with E-state index in [4.69, 9.17) is 4.74 Å². The predicted octanol–water partition coefficient (Wildman–Crippen LogP) is 3.11. The van der Waals surface area contributed by atoms with Gasteiger partial charge < -0.3 is 24.8 Å². The van der Waals surface area contributed by atoms with Crippen molar-refractivity contribution in [3.8, 4) is 5.75 Å². The van der Waals surface area contributed by atoms with Crippen LogP contribution in [0.3, 0.4) is 0 Å². The van der Waals surface area contributed by atoms with E-state index in [9.17, 15) is 4.79 Å². The summed E-state index contributed by atoms with van der Waals surface area (Å²) < 4.78 is 5.29. The molecule has 2 aromatic carbocycles. The lowest BCUT2D eigenvalue weighted by molar-refractivity contribution is -0.115. The van der Waals surface area contributed by atoms with Crippen LogP contribution in [-0.2, 0) is 11.2 Å². The molecule has 0 aliphatic carbocycles. The minimum atomic E-state index is -0.0314. The van der Waals surface area contributed by atoms with Gasteiger partial charge in [0.1, 0.15) is 5.75 Å². The third-order valence-electron chi connectivity index (χ3n) is 5.35. The van der Waals surface area contributed by atoms with Gasteiger partial charge in [-0.15, -0.1) is 0 Å². The number of likely N-dealkylation sites (N-methyl/N-ethyl adjacent to an activating group) is 1. The van der Waals surface area contributed by atoms with Gasteiger partial charge in [-0.3, -0.25) is 4.79 Å². The number of anilines is 2. The monoisotopic (exact) mass is 378 g/mol. The SMILES string of the molecule is COc1ccc2[nH]cc(CC(=O)Nc3ccc(N4CCN(C)CC4)cc3)c2c1. The van der Waals surface area contributed by atoms with Crippen LogP contribution in [0.5, 0.6) is 5.75 Å². The van der Waals surface area contributed by atoms with Crippen molar-refractivity contribution in [3.05, 3.63) is 54.2 Å². The zero-order valence-corrected chi connectivity index (χ0v) is 16.4. The van der Waals surface area contributed by atoms with E-state index in [1.165, 1.54) is 5.69 Å². The van der Waals surface area contributed by atoms with E-state index in [-0.39, 0.29) is 5.91 Å². The Morgan fingerprint density at radius 3 is 2.57 bits per heavy atom. The lowest BCUT2D eigenvalue weighted by Crippen LogP contribution is -2.44.